The maximum atomic E-state index is 12.6. The van der Waals surface area contributed by atoms with Gasteiger partial charge in [0.1, 0.15) is 18.0 Å². The maximum absolute atomic E-state index is 12.6. The monoisotopic (exact) mass is 391 g/mol. The fourth-order valence-corrected chi connectivity index (χ4v) is 2.86. The Bertz CT molecular complexity index is 900. The second-order valence-corrected chi connectivity index (χ2v) is 6.53. The van der Waals surface area contributed by atoms with Crippen molar-refractivity contribution in [2.45, 2.75) is 11.1 Å². The lowest BCUT2D eigenvalue weighted by Gasteiger charge is -2.11. The number of hydrogen-bond acceptors (Lipinski definition) is 6. The van der Waals surface area contributed by atoms with Crippen LogP contribution in [0.15, 0.2) is 65.8 Å². The first-order valence-corrected chi connectivity index (χ1v) is 8.73. The van der Waals surface area contributed by atoms with Crippen LogP contribution >= 0.6 is 11.9 Å². The quantitative estimate of drug-likeness (QED) is 0.502. The van der Waals surface area contributed by atoms with Crippen molar-refractivity contribution in [3.8, 4) is 0 Å². The van der Waals surface area contributed by atoms with Gasteiger partial charge < -0.3 is 10.6 Å². The summed E-state index contributed by atoms with van der Waals surface area (Å²) in [7, 11) is 1.84. The molecule has 5 nitrogen and oxygen atoms in total. The summed E-state index contributed by atoms with van der Waals surface area (Å²) < 4.78 is 40.9. The number of halogens is 3. The lowest BCUT2D eigenvalue weighted by molar-refractivity contribution is -0.137. The summed E-state index contributed by atoms with van der Waals surface area (Å²) in [5, 5.41) is 6.14. The van der Waals surface area contributed by atoms with Gasteiger partial charge in [0.05, 0.1) is 5.56 Å². The minimum Gasteiger partial charge on any atom is -0.340 e. The molecule has 2 aromatic carbocycles. The van der Waals surface area contributed by atoms with Crippen LogP contribution in [0.25, 0.3) is 0 Å². The molecule has 1 heterocycles. The Hall–Kier alpha value is -2.78. The molecule has 9 heteroatoms. The Labute approximate surface area is 158 Å². The second kappa shape index (κ2) is 8.28. The third-order valence-electron chi connectivity index (χ3n) is 3.48. The molecule has 0 saturated carbocycles. The average Bonchev–Trinajstić information content (AvgIpc) is 2.62. The van der Waals surface area contributed by atoms with E-state index in [0.29, 0.717) is 17.3 Å². The van der Waals surface area contributed by atoms with Crippen LogP contribution in [0.1, 0.15) is 5.56 Å². The second-order valence-electron chi connectivity index (χ2n) is 5.45. The Morgan fingerprint density at radius 3 is 2.15 bits per heavy atom. The summed E-state index contributed by atoms with van der Waals surface area (Å²) in [4.78, 5) is 9.30. The van der Waals surface area contributed by atoms with Gasteiger partial charge in [0.15, 0.2) is 0 Å². The fraction of sp³-hybridized carbons (Fsp3) is 0.111. The van der Waals surface area contributed by atoms with E-state index >= 15 is 0 Å². The van der Waals surface area contributed by atoms with Gasteiger partial charge >= 0.3 is 6.18 Å². The molecule has 0 spiro atoms. The number of nitrogens with one attached hydrogen (secondary N) is 3. The molecule has 27 heavy (non-hydrogen) atoms. The van der Waals surface area contributed by atoms with Crippen molar-refractivity contribution in [3.63, 3.8) is 0 Å². The molecular formula is C18H16F3N5S. The van der Waals surface area contributed by atoms with Crippen LogP contribution in [0.2, 0.25) is 0 Å². The van der Waals surface area contributed by atoms with Gasteiger partial charge in [0.2, 0.25) is 0 Å². The molecule has 1 aromatic heterocycles. The molecule has 0 aliphatic rings. The van der Waals surface area contributed by atoms with Gasteiger partial charge in [-0.15, -0.1) is 0 Å². The molecule has 0 aliphatic heterocycles. The Morgan fingerprint density at radius 1 is 0.852 bits per heavy atom. The zero-order valence-electron chi connectivity index (χ0n) is 14.2. The van der Waals surface area contributed by atoms with E-state index in [1.54, 1.807) is 6.07 Å². The number of nitrogens with zero attached hydrogens (tertiary/aromatic N) is 2. The van der Waals surface area contributed by atoms with Gasteiger partial charge in [0.25, 0.3) is 0 Å². The predicted molar refractivity (Wildman–Crippen MR) is 101 cm³/mol. The Morgan fingerprint density at radius 2 is 1.52 bits per heavy atom. The van der Waals surface area contributed by atoms with E-state index in [2.05, 4.69) is 25.3 Å². The molecule has 0 unspecified atom stereocenters. The van der Waals surface area contributed by atoms with Crippen molar-refractivity contribution < 1.29 is 13.2 Å². The molecule has 0 atom stereocenters. The number of aromatic nitrogens is 2. The van der Waals surface area contributed by atoms with E-state index in [1.165, 1.54) is 30.4 Å². The summed E-state index contributed by atoms with van der Waals surface area (Å²) in [6.45, 7) is 0. The van der Waals surface area contributed by atoms with Crippen LogP contribution in [0, 0.1) is 0 Å². The molecule has 0 bridgehead atoms. The lowest BCUT2D eigenvalue weighted by atomic mass is 10.2. The van der Waals surface area contributed by atoms with E-state index in [9.17, 15) is 13.2 Å². The van der Waals surface area contributed by atoms with E-state index in [-0.39, 0.29) is 0 Å². The third-order valence-corrected chi connectivity index (χ3v) is 4.17. The third kappa shape index (κ3) is 5.35. The molecular weight excluding hydrogens is 375 g/mol. The zero-order chi connectivity index (χ0) is 19.3. The molecule has 3 rings (SSSR count). The number of rotatable bonds is 6. The highest BCUT2D eigenvalue weighted by Crippen LogP contribution is 2.30. The first-order chi connectivity index (χ1) is 12.9. The first kappa shape index (κ1) is 19.0. The highest BCUT2D eigenvalue weighted by molar-refractivity contribution is 7.97. The summed E-state index contributed by atoms with van der Waals surface area (Å²) >= 11 is 1.49. The minimum absolute atomic E-state index is 0.466. The van der Waals surface area contributed by atoms with Crippen LogP contribution in [0.3, 0.4) is 0 Å². The van der Waals surface area contributed by atoms with Crippen LogP contribution in [0.4, 0.5) is 36.2 Å². The molecule has 0 fully saturated rings. The van der Waals surface area contributed by atoms with Gasteiger partial charge in [-0.1, -0.05) is 6.07 Å². The van der Waals surface area contributed by atoms with Gasteiger partial charge in [-0.3, -0.25) is 4.72 Å². The summed E-state index contributed by atoms with van der Waals surface area (Å²) in [5.41, 5.74) is 0.659. The van der Waals surface area contributed by atoms with Gasteiger partial charge in [-0.05, 0) is 61.5 Å². The normalized spacial score (nSPS) is 11.3. The molecule has 0 aliphatic carbocycles. The van der Waals surface area contributed by atoms with Crippen molar-refractivity contribution in [1.82, 2.24) is 14.7 Å². The smallest absolute Gasteiger partial charge is 0.340 e. The van der Waals surface area contributed by atoms with E-state index in [4.69, 9.17) is 0 Å². The molecule has 0 saturated heterocycles. The molecule has 3 aromatic rings. The van der Waals surface area contributed by atoms with Crippen molar-refractivity contribution >= 4 is 35.0 Å². The van der Waals surface area contributed by atoms with Crippen LogP contribution < -0.4 is 15.4 Å². The number of benzene rings is 2. The maximum Gasteiger partial charge on any atom is 0.416 e. The van der Waals surface area contributed by atoms with E-state index in [1.807, 2.05) is 31.3 Å². The first-order valence-electron chi connectivity index (χ1n) is 7.91. The highest BCUT2D eigenvalue weighted by atomic mass is 32.2. The molecule has 3 N–H and O–H groups in total. The highest BCUT2D eigenvalue weighted by Gasteiger charge is 2.29. The van der Waals surface area contributed by atoms with Gasteiger partial charge in [-0.2, -0.15) is 13.2 Å². The predicted octanol–water partition coefficient (Wildman–Crippen LogP) is 5.21. The van der Waals surface area contributed by atoms with Crippen LogP contribution in [-0.2, 0) is 6.18 Å². The Kier molecular flexibility index (Phi) is 5.82. The number of alkyl halides is 3. The summed E-state index contributed by atoms with van der Waals surface area (Å²) in [5.74, 6) is 1.03. The largest absolute Gasteiger partial charge is 0.416 e. The van der Waals surface area contributed by atoms with Gasteiger partial charge in [-0.25, -0.2) is 9.97 Å². The van der Waals surface area contributed by atoms with Crippen LogP contribution in [-0.4, -0.2) is 17.0 Å². The minimum atomic E-state index is -4.36. The molecule has 140 valence electrons. The van der Waals surface area contributed by atoms with Crippen molar-refractivity contribution in [2.24, 2.45) is 0 Å². The summed E-state index contributed by atoms with van der Waals surface area (Å²) in [6.07, 6.45) is -2.98. The van der Waals surface area contributed by atoms with Crippen molar-refractivity contribution in [1.29, 1.82) is 0 Å². The number of anilines is 4. The van der Waals surface area contributed by atoms with Gasteiger partial charge in [0, 0.05) is 22.3 Å². The number of hydrogen-bond donors (Lipinski definition) is 3. The zero-order valence-corrected chi connectivity index (χ0v) is 15.0. The standard InChI is InChI=1S/C18H16F3N5S/c1-22-27-15-4-2-3-14(9-15)26-17-10-16(23-11-24-17)25-13-7-5-12(6-8-13)18(19,20)21/h2-11,22H,1H3,(H2,23,24,25,26). The lowest BCUT2D eigenvalue weighted by Crippen LogP contribution is -2.04. The Balaban J connectivity index is 1.71. The SMILES string of the molecule is CNSc1cccc(Nc2cc(Nc3ccc(C(F)(F)F)cc3)ncn2)c1. The molecule has 0 amide bonds. The average molecular weight is 391 g/mol. The molecule has 0 radical (unpaired) electrons. The van der Waals surface area contributed by atoms with Crippen molar-refractivity contribution in [2.75, 3.05) is 17.7 Å². The van der Waals surface area contributed by atoms with Crippen LogP contribution in [0.5, 0.6) is 0 Å². The van der Waals surface area contributed by atoms with E-state index < -0.39 is 11.7 Å². The van der Waals surface area contributed by atoms with Crippen molar-refractivity contribution in [3.05, 3.63) is 66.5 Å². The van der Waals surface area contributed by atoms with E-state index in [0.717, 1.165) is 22.7 Å². The summed E-state index contributed by atoms with van der Waals surface area (Å²) in [6, 6.07) is 14.2. The fourth-order valence-electron chi connectivity index (χ4n) is 2.29. The topological polar surface area (TPSA) is 61.9 Å².